The molecule has 10 heteroatoms. The van der Waals surface area contributed by atoms with Crippen LogP contribution in [-0.4, -0.2) is 39.3 Å². The lowest BCUT2D eigenvalue weighted by Gasteiger charge is -2.12. The Morgan fingerprint density at radius 2 is 2.09 bits per heavy atom. The van der Waals surface area contributed by atoms with E-state index in [0.717, 1.165) is 17.1 Å². The summed E-state index contributed by atoms with van der Waals surface area (Å²) in [6, 6.07) is 11.3. The second-order valence-corrected chi connectivity index (χ2v) is 9.53. The largest absolute Gasteiger partial charge is 0.495 e. The van der Waals surface area contributed by atoms with E-state index in [0.29, 0.717) is 46.4 Å². The van der Waals surface area contributed by atoms with Gasteiger partial charge in [-0.1, -0.05) is 37.7 Å². The Hall–Kier alpha value is -3.11. The number of para-hydroxylation sites is 2. The molecule has 3 heterocycles. The van der Waals surface area contributed by atoms with Crippen molar-refractivity contribution in [2.45, 2.75) is 31.2 Å². The number of furan rings is 1. The maximum absolute atomic E-state index is 12.3. The van der Waals surface area contributed by atoms with Gasteiger partial charge in [0.25, 0.3) is 5.91 Å². The highest BCUT2D eigenvalue weighted by Crippen LogP contribution is 2.34. The molecule has 0 atom stereocenters. The van der Waals surface area contributed by atoms with Gasteiger partial charge in [0.05, 0.1) is 24.8 Å². The van der Waals surface area contributed by atoms with Crippen molar-refractivity contribution in [1.82, 2.24) is 25.1 Å². The standard InChI is InChI=1S/C23H25N5O3S2/c1-15(2)10-11-24-22(29)16-13-32-20(25-16)14-33-23-27-26-21(19-9-6-12-31-19)28(23)17-7-4-5-8-18(17)30-3/h4-9,12-13,15H,10-11,14H2,1-3H3,(H,24,29). The van der Waals surface area contributed by atoms with E-state index in [1.807, 2.05) is 41.0 Å². The third kappa shape index (κ3) is 5.45. The van der Waals surface area contributed by atoms with Gasteiger partial charge >= 0.3 is 0 Å². The molecular weight excluding hydrogens is 458 g/mol. The minimum absolute atomic E-state index is 0.138. The lowest BCUT2D eigenvalue weighted by molar-refractivity contribution is 0.0947. The van der Waals surface area contributed by atoms with Gasteiger partial charge in [-0.2, -0.15) is 0 Å². The summed E-state index contributed by atoms with van der Waals surface area (Å²) in [5, 5.41) is 15.0. The van der Waals surface area contributed by atoms with Crippen LogP contribution < -0.4 is 10.1 Å². The number of thioether (sulfide) groups is 1. The predicted octanol–water partition coefficient (Wildman–Crippen LogP) is 5.06. The molecule has 33 heavy (non-hydrogen) atoms. The highest BCUT2D eigenvalue weighted by atomic mass is 32.2. The molecule has 0 unspecified atom stereocenters. The zero-order chi connectivity index (χ0) is 23.2. The van der Waals surface area contributed by atoms with E-state index in [1.54, 1.807) is 18.8 Å². The molecule has 1 amide bonds. The van der Waals surface area contributed by atoms with Crippen molar-refractivity contribution in [3.05, 3.63) is 58.7 Å². The Kier molecular flexibility index (Phi) is 7.46. The summed E-state index contributed by atoms with van der Waals surface area (Å²) in [6.45, 7) is 4.91. The summed E-state index contributed by atoms with van der Waals surface area (Å²) in [6.07, 6.45) is 2.54. The number of hydrogen-bond donors (Lipinski definition) is 1. The van der Waals surface area contributed by atoms with E-state index in [1.165, 1.54) is 23.1 Å². The van der Waals surface area contributed by atoms with Gasteiger partial charge in [0.1, 0.15) is 16.5 Å². The Morgan fingerprint density at radius 3 is 2.85 bits per heavy atom. The van der Waals surface area contributed by atoms with Crippen LogP contribution in [-0.2, 0) is 5.75 Å². The molecular formula is C23H25N5O3S2. The molecule has 4 rings (SSSR count). The number of carbonyl (C=O) groups is 1. The lowest BCUT2D eigenvalue weighted by atomic mass is 10.1. The van der Waals surface area contributed by atoms with Gasteiger partial charge in [-0.05, 0) is 36.6 Å². The zero-order valence-electron chi connectivity index (χ0n) is 18.6. The number of nitrogens with one attached hydrogen (secondary N) is 1. The molecule has 1 N–H and O–H groups in total. The Balaban J connectivity index is 1.54. The van der Waals surface area contributed by atoms with Crippen LogP contribution in [0.1, 0.15) is 35.8 Å². The number of methoxy groups -OCH3 is 1. The molecule has 0 aliphatic rings. The minimum Gasteiger partial charge on any atom is -0.495 e. The smallest absolute Gasteiger partial charge is 0.270 e. The van der Waals surface area contributed by atoms with Crippen LogP contribution in [0.3, 0.4) is 0 Å². The summed E-state index contributed by atoms with van der Waals surface area (Å²) >= 11 is 2.94. The third-order valence-corrected chi connectivity index (χ3v) is 6.79. The van der Waals surface area contributed by atoms with E-state index in [2.05, 4.69) is 34.3 Å². The van der Waals surface area contributed by atoms with Gasteiger partial charge in [-0.25, -0.2) is 4.98 Å². The van der Waals surface area contributed by atoms with E-state index in [9.17, 15) is 4.79 Å². The van der Waals surface area contributed by atoms with Crippen molar-refractivity contribution in [1.29, 1.82) is 0 Å². The molecule has 0 saturated heterocycles. The molecule has 3 aromatic heterocycles. The Morgan fingerprint density at radius 1 is 1.24 bits per heavy atom. The summed E-state index contributed by atoms with van der Waals surface area (Å²) in [7, 11) is 1.63. The molecule has 4 aromatic rings. The fourth-order valence-electron chi connectivity index (χ4n) is 3.13. The molecule has 0 spiro atoms. The predicted molar refractivity (Wildman–Crippen MR) is 129 cm³/mol. The monoisotopic (exact) mass is 483 g/mol. The number of aromatic nitrogens is 4. The number of amides is 1. The normalized spacial score (nSPS) is 11.2. The third-order valence-electron chi connectivity index (χ3n) is 4.82. The number of nitrogens with zero attached hydrogens (tertiary/aromatic N) is 4. The van der Waals surface area contributed by atoms with Crippen LogP contribution >= 0.6 is 23.1 Å². The Bertz CT molecular complexity index is 1200. The summed E-state index contributed by atoms with van der Waals surface area (Å²) in [4.78, 5) is 16.8. The van der Waals surface area contributed by atoms with Gasteiger partial charge in [0.2, 0.25) is 5.82 Å². The van der Waals surface area contributed by atoms with E-state index in [-0.39, 0.29) is 5.91 Å². The molecule has 0 radical (unpaired) electrons. The second kappa shape index (κ2) is 10.7. The van der Waals surface area contributed by atoms with Gasteiger partial charge in [-0.3, -0.25) is 9.36 Å². The minimum atomic E-state index is -0.138. The van der Waals surface area contributed by atoms with Crippen molar-refractivity contribution < 1.29 is 13.9 Å². The van der Waals surface area contributed by atoms with E-state index in [4.69, 9.17) is 9.15 Å². The topological polar surface area (TPSA) is 95.1 Å². The second-order valence-electron chi connectivity index (χ2n) is 7.64. The maximum atomic E-state index is 12.3. The van der Waals surface area contributed by atoms with Crippen LogP contribution in [0.5, 0.6) is 5.75 Å². The molecule has 0 bridgehead atoms. The molecule has 8 nitrogen and oxygen atoms in total. The average Bonchev–Trinajstić information content (AvgIpc) is 3.57. The van der Waals surface area contributed by atoms with Gasteiger partial charge < -0.3 is 14.5 Å². The zero-order valence-corrected chi connectivity index (χ0v) is 20.3. The molecule has 0 aliphatic heterocycles. The lowest BCUT2D eigenvalue weighted by Crippen LogP contribution is -2.25. The SMILES string of the molecule is COc1ccccc1-n1c(SCc2nc(C(=O)NCCC(C)C)cs2)nnc1-c1ccco1. The highest BCUT2D eigenvalue weighted by Gasteiger charge is 2.21. The first kappa shape index (κ1) is 23.1. The van der Waals surface area contributed by atoms with Crippen molar-refractivity contribution in [3.63, 3.8) is 0 Å². The van der Waals surface area contributed by atoms with Crippen molar-refractivity contribution >= 4 is 29.0 Å². The average molecular weight is 484 g/mol. The van der Waals surface area contributed by atoms with Crippen LogP contribution in [0.4, 0.5) is 0 Å². The van der Waals surface area contributed by atoms with Crippen LogP contribution in [0.25, 0.3) is 17.3 Å². The van der Waals surface area contributed by atoms with Crippen molar-refractivity contribution in [3.8, 4) is 23.0 Å². The summed E-state index contributed by atoms with van der Waals surface area (Å²) in [5.41, 5.74) is 1.25. The highest BCUT2D eigenvalue weighted by molar-refractivity contribution is 7.98. The molecule has 172 valence electrons. The fourth-order valence-corrected chi connectivity index (χ4v) is 4.87. The quantitative estimate of drug-likeness (QED) is 0.315. The number of thiazole rings is 1. The number of benzene rings is 1. The molecule has 0 saturated carbocycles. The van der Waals surface area contributed by atoms with Crippen LogP contribution in [0.2, 0.25) is 0 Å². The molecule has 1 aromatic carbocycles. The Labute approximate surface area is 200 Å². The van der Waals surface area contributed by atoms with E-state index >= 15 is 0 Å². The van der Waals surface area contributed by atoms with Gasteiger partial charge in [0.15, 0.2) is 10.9 Å². The number of hydrogen-bond acceptors (Lipinski definition) is 8. The first-order valence-corrected chi connectivity index (χ1v) is 12.4. The van der Waals surface area contributed by atoms with Gasteiger partial charge in [-0.15, -0.1) is 21.5 Å². The molecule has 0 fully saturated rings. The van der Waals surface area contributed by atoms with Crippen LogP contribution in [0.15, 0.2) is 57.6 Å². The van der Waals surface area contributed by atoms with Crippen molar-refractivity contribution in [2.24, 2.45) is 5.92 Å². The molecule has 0 aliphatic carbocycles. The van der Waals surface area contributed by atoms with E-state index < -0.39 is 0 Å². The fraction of sp³-hybridized carbons (Fsp3) is 0.304. The number of rotatable bonds is 10. The summed E-state index contributed by atoms with van der Waals surface area (Å²) < 4.78 is 13.1. The first-order valence-electron chi connectivity index (χ1n) is 10.5. The maximum Gasteiger partial charge on any atom is 0.270 e. The van der Waals surface area contributed by atoms with Gasteiger partial charge in [0, 0.05) is 11.9 Å². The first-order chi connectivity index (χ1) is 16.1. The van der Waals surface area contributed by atoms with Crippen molar-refractivity contribution in [2.75, 3.05) is 13.7 Å². The summed E-state index contributed by atoms with van der Waals surface area (Å²) in [5.74, 6) is 2.84. The van der Waals surface area contributed by atoms with Crippen LogP contribution in [0, 0.1) is 5.92 Å². The number of ether oxygens (including phenoxy) is 1. The number of carbonyl (C=O) groups excluding carboxylic acids is 1.